The number of fused-ring (bicyclic) bond motifs is 11. The van der Waals surface area contributed by atoms with Crippen molar-refractivity contribution in [1.29, 1.82) is 0 Å². The van der Waals surface area contributed by atoms with E-state index in [-0.39, 0.29) is 5.41 Å². The van der Waals surface area contributed by atoms with E-state index in [1.165, 1.54) is 58.9 Å². The lowest BCUT2D eigenvalue weighted by Gasteiger charge is -2.28. The van der Waals surface area contributed by atoms with E-state index >= 15 is 0 Å². The van der Waals surface area contributed by atoms with Gasteiger partial charge in [0.2, 0.25) is 0 Å². The zero-order chi connectivity index (χ0) is 34.6. The fraction of sp³-hybridized carbons (Fsp3) is 0.0612. The highest BCUT2D eigenvalue weighted by molar-refractivity contribution is 7.25. The van der Waals surface area contributed by atoms with Crippen molar-refractivity contribution < 1.29 is 4.42 Å². The molecular weight excluding hydrogens is 651 g/mol. The van der Waals surface area contributed by atoms with Crippen molar-refractivity contribution in [2.75, 3.05) is 4.90 Å². The Hall–Kier alpha value is -6.16. The third-order valence-corrected chi connectivity index (χ3v) is 12.4. The minimum atomic E-state index is -0.0883. The molecule has 0 fully saturated rings. The number of nitrogens with zero attached hydrogens (tertiary/aromatic N) is 1. The number of hydrogen-bond donors (Lipinski definition) is 0. The zero-order valence-corrected chi connectivity index (χ0v) is 29.7. The van der Waals surface area contributed by atoms with Crippen LogP contribution in [0.3, 0.4) is 0 Å². The molecule has 0 bridgehead atoms. The molecule has 0 amide bonds. The van der Waals surface area contributed by atoms with E-state index in [4.69, 9.17) is 4.42 Å². The van der Waals surface area contributed by atoms with Gasteiger partial charge < -0.3 is 9.32 Å². The van der Waals surface area contributed by atoms with Gasteiger partial charge in [0.25, 0.3) is 0 Å². The topological polar surface area (TPSA) is 16.4 Å². The summed E-state index contributed by atoms with van der Waals surface area (Å²) >= 11 is 1.86. The van der Waals surface area contributed by atoms with E-state index in [1.54, 1.807) is 0 Å². The third kappa shape index (κ3) is 4.30. The Morgan fingerprint density at radius 1 is 0.462 bits per heavy atom. The predicted octanol–water partition coefficient (Wildman–Crippen LogP) is 14.6. The number of hydrogen-bond acceptors (Lipinski definition) is 3. The van der Waals surface area contributed by atoms with E-state index in [1.807, 2.05) is 23.5 Å². The fourth-order valence-corrected chi connectivity index (χ4v) is 9.71. The molecule has 0 spiro atoms. The molecule has 52 heavy (non-hydrogen) atoms. The van der Waals surface area contributed by atoms with Crippen LogP contribution in [-0.4, -0.2) is 0 Å². The van der Waals surface area contributed by atoms with E-state index < -0.39 is 0 Å². The first-order valence-corrected chi connectivity index (χ1v) is 18.7. The lowest BCUT2D eigenvalue weighted by atomic mass is 9.82. The predicted molar refractivity (Wildman–Crippen MR) is 222 cm³/mol. The highest BCUT2D eigenvalue weighted by Gasteiger charge is 2.35. The van der Waals surface area contributed by atoms with Crippen LogP contribution in [0.25, 0.3) is 75.1 Å². The lowest BCUT2D eigenvalue weighted by molar-refractivity contribution is 0.660. The van der Waals surface area contributed by atoms with Crippen LogP contribution >= 0.6 is 11.3 Å². The van der Waals surface area contributed by atoms with Gasteiger partial charge in [-0.25, -0.2) is 0 Å². The second-order valence-electron chi connectivity index (χ2n) is 14.5. The largest absolute Gasteiger partial charge is 0.455 e. The summed E-state index contributed by atoms with van der Waals surface area (Å²) < 4.78 is 8.96. The first kappa shape index (κ1) is 29.6. The Morgan fingerprint density at radius 3 is 2.04 bits per heavy atom. The van der Waals surface area contributed by atoms with Crippen molar-refractivity contribution in [3.8, 4) is 22.3 Å². The van der Waals surface area contributed by atoms with E-state index in [2.05, 4.69) is 170 Å². The van der Waals surface area contributed by atoms with Gasteiger partial charge in [-0.15, -0.1) is 11.3 Å². The van der Waals surface area contributed by atoms with Crippen LogP contribution in [0.4, 0.5) is 17.1 Å². The van der Waals surface area contributed by atoms with Gasteiger partial charge >= 0.3 is 0 Å². The molecule has 2 aromatic heterocycles. The summed E-state index contributed by atoms with van der Waals surface area (Å²) in [5.41, 5.74) is 13.0. The number of benzene rings is 8. The number of furan rings is 1. The molecule has 8 aromatic carbocycles. The average Bonchev–Trinajstić information content (AvgIpc) is 3.83. The SMILES string of the molecule is CC1(C)c2ccccc2-c2ccc(N(c3ccc(-c4ccc5c(ccc6c7ccccc7oc56)c4)cc3)c3ccc4sc5ccccc5c4c3)cc21. The van der Waals surface area contributed by atoms with E-state index in [9.17, 15) is 0 Å². The molecule has 10 aromatic rings. The summed E-state index contributed by atoms with van der Waals surface area (Å²) in [6.07, 6.45) is 0. The van der Waals surface area contributed by atoms with Crippen molar-refractivity contribution >= 4 is 81.3 Å². The molecule has 0 aliphatic heterocycles. The Labute approximate surface area is 305 Å². The van der Waals surface area contributed by atoms with Crippen LogP contribution in [0.15, 0.2) is 168 Å². The van der Waals surface area contributed by atoms with Gasteiger partial charge in [-0.1, -0.05) is 105 Å². The number of para-hydroxylation sites is 1. The molecule has 3 heteroatoms. The van der Waals surface area contributed by atoms with Gasteiger partial charge in [-0.2, -0.15) is 0 Å². The molecule has 0 unspecified atom stereocenters. The van der Waals surface area contributed by atoms with E-state index in [0.29, 0.717) is 0 Å². The summed E-state index contributed by atoms with van der Waals surface area (Å²) in [5.74, 6) is 0. The van der Waals surface area contributed by atoms with Gasteiger partial charge in [0.15, 0.2) is 0 Å². The van der Waals surface area contributed by atoms with Crippen molar-refractivity contribution in [1.82, 2.24) is 0 Å². The smallest absolute Gasteiger partial charge is 0.143 e. The van der Waals surface area contributed by atoms with Crippen LogP contribution in [0.2, 0.25) is 0 Å². The molecule has 0 N–H and O–H groups in total. The first-order valence-electron chi connectivity index (χ1n) is 17.9. The van der Waals surface area contributed by atoms with Crippen LogP contribution in [0, 0.1) is 0 Å². The average molecular weight is 684 g/mol. The van der Waals surface area contributed by atoms with Gasteiger partial charge in [0.1, 0.15) is 11.2 Å². The van der Waals surface area contributed by atoms with Crippen LogP contribution in [-0.2, 0) is 5.41 Å². The van der Waals surface area contributed by atoms with Gasteiger partial charge in [0.05, 0.1) is 0 Å². The summed E-state index contributed by atoms with van der Waals surface area (Å²) in [6.45, 7) is 4.71. The molecule has 2 nitrogen and oxygen atoms in total. The minimum absolute atomic E-state index is 0.0883. The summed E-state index contributed by atoms with van der Waals surface area (Å²) in [6, 6.07) is 60.0. The van der Waals surface area contributed by atoms with Gasteiger partial charge in [-0.3, -0.25) is 0 Å². The molecule has 11 rings (SSSR count). The number of thiophene rings is 1. The maximum atomic E-state index is 6.34. The third-order valence-electron chi connectivity index (χ3n) is 11.3. The first-order chi connectivity index (χ1) is 25.5. The van der Waals surface area contributed by atoms with Gasteiger partial charge in [-0.05, 0) is 112 Å². The zero-order valence-electron chi connectivity index (χ0n) is 28.9. The minimum Gasteiger partial charge on any atom is -0.455 e. The Bertz CT molecular complexity index is 3050. The van der Waals surface area contributed by atoms with Crippen LogP contribution in [0.1, 0.15) is 25.0 Å². The molecule has 2 heterocycles. The second-order valence-corrected chi connectivity index (χ2v) is 15.6. The van der Waals surface area contributed by atoms with Crippen LogP contribution in [0.5, 0.6) is 0 Å². The summed E-state index contributed by atoms with van der Waals surface area (Å²) in [4.78, 5) is 2.42. The number of rotatable bonds is 4. The summed E-state index contributed by atoms with van der Waals surface area (Å²) in [5, 5.41) is 7.23. The Kier molecular flexibility index (Phi) is 6.21. The van der Waals surface area contributed by atoms with Crippen molar-refractivity contribution in [3.63, 3.8) is 0 Å². The van der Waals surface area contributed by atoms with Crippen molar-refractivity contribution in [2.24, 2.45) is 0 Å². The normalized spacial score (nSPS) is 13.3. The Balaban J connectivity index is 1.04. The molecule has 0 saturated carbocycles. The second kappa shape index (κ2) is 10.9. The standard InChI is InChI=1S/C49H33NOS/c1-49(2)43-12-6-3-9-37(43)38-25-21-35(29-44(38)49)50(34-22-26-47-42(28-34)40-11-5-8-14-46(40)52-47)33-19-15-30(16-20-33)31-17-23-36-32(27-31)18-24-41-39-10-4-7-13-45(39)51-48(36)41/h3-29H,1-2H3. The highest BCUT2D eigenvalue weighted by atomic mass is 32.1. The molecule has 1 aliphatic carbocycles. The monoisotopic (exact) mass is 683 g/mol. The Morgan fingerprint density at radius 2 is 1.13 bits per heavy atom. The molecule has 0 radical (unpaired) electrons. The maximum Gasteiger partial charge on any atom is 0.143 e. The molecule has 0 atom stereocenters. The highest BCUT2D eigenvalue weighted by Crippen LogP contribution is 2.51. The molecule has 0 saturated heterocycles. The lowest BCUT2D eigenvalue weighted by Crippen LogP contribution is -2.16. The van der Waals surface area contributed by atoms with Crippen LogP contribution < -0.4 is 4.90 Å². The quantitative estimate of drug-likeness (QED) is 0.184. The van der Waals surface area contributed by atoms with Crippen molar-refractivity contribution in [3.05, 3.63) is 175 Å². The summed E-state index contributed by atoms with van der Waals surface area (Å²) in [7, 11) is 0. The molecular formula is C49H33NOS. The fourth-order valence-electron chi connectivity index (χ4n) is 8.63. The maximum absolute atomic E-state index is 6.34. The van der Waals surface area contributed by atoms with Gasteiger partial charge in [0, 0.05) is 58.8 Å². The molecule has 1 aliphatic rings. The number of anilines is 3. The van der Waals surface area contributed by atoms with Crippen molar-refractivity contribution in [2.45, 2.75) is 19.3 Å². The molecule has 246 valence electrons. The van der Waals surface area contributed by atoms with E-state index in [0.717, 1.165) is 44.4 Å².